The van der Waals surface area contributed by atoms with Crippen molar-refractivity contribution in [1.82, 2.24) is 5.32 Å². The zero-order valence-corrected chi connectivity index (χ0v) is 11.1. The molecule has 0 bridgehead atoms. The fourth-order valence-electron chi connectivity index (χ4n) is 1.78. The highest BCUT2D eigenvalue weighted by Crippen LogP contribution is 2.14. The van der Waals surface area contributed by atoms with E-state index in [1.165, 1.54) is 5.56 Å². The normalized spacial score (nSPS) is 12.5. The summed E-state index contributed by atoms with van der Waals surface area (Å²) in [4.78, 5) is 2.08. The number of benzene rings is 1. The summed E-state index contributed by atoms with van der Waals surface area (Å²) in [5.41, 5.74) is 2.49. The van der Waals surface area contributed by atoms with E-state index in [1.54, 1.807) is 0 Å². The fourth-order valence-corrected chi connectivity index (χ4v) is 1.78. The molecule has 1 atom stereocenters. The van der Waals surface area contributed by atoms with Crippen LogP contribution >= 0.6 is 0 Å². The second kappa shape index (κ2) is 7.30. The molecular weight excluding hydrogens is 212 g/mol. The van der Waals surface area contributed by atoms with Gasteiger partial charge in [0.1, 0.15) is 0 Å². The Hall–Kier alpha value is -1.06. The van der Waals surface area contributed by atoms with E-state index in [-0.39, 0.29) is 6.10 Å². The highest BCUT2D eigenvalue weighted by molar-refractivity contribution is 5.46. The van der Waals surface area contributed by atoms with Gasteiger partial charge in [0.15, 0.2) is 0 Å². The number of hydrogen-bond acceptors (Lipinski definition) is 3. The number of aliphatic hydroxyl groups excluding tert-OH is 1. The molecule has 1 unspecified atom stereocenters. The molecule has 1 rings (SSSR count). The average Bonchev–Trinajstić information content (AvgIpc) is 2.36. The van der Waals surface area contributed by atoms with Crippen LogP contribution in [0.1, 0.15) is 19.4 Å². The Morgan fingerprint density at radius 2 is 1.88 bits per heavy atom. The van der Waals surface area contributed by atoms with Gasteiger partial charge >= 0.3 is 0 Å². The van der Waals surface area contributed by atoms with Crippen LogP contribution in [-0.4, -0.2) is 37.9 Å². The Bertz CT molecular complexity index is 311. The van der Waals surface area contributed by atoms with Gasteiger partial charge in [-0.1, -0.05) is 26.0 Å². The van der Waals surface area contributed by atoms with Gasteiger partial charge in [0.25, 0.3) is 0 Å². The molecule has 0 amide bonds. The number of hydrogen-bond donors (Lipinski definition) is 2. The molecule has 0 radical (unpaired) electrons. The van der Waals surface area contributed by atoms with Crippen LogP contribution in [0.25, 0.3) is 0 Å². The summed E-state index contributed by atoms with van der Waals surface area (Å²) in [6.45, 7) is 6.39. The first-order valence-corrected chi connectivity index (χ1v) is 6.36. The van der Waals surface area contributed by atoms with Crippen molar-refractivity contribution in [2.75, 3.05) is 31.6 Å². The van der Waals surface area contributed by atoms with Crippen molar-refractivity contribution in [2.45, 2.75) is 26.4 Å². The molecule has 0 aromatic heterocycles. The van der Waals surface area contributed by atoms with Gasteiger partial charge in [0.05, 0.1) is 6.10 Å². The molecule has 1 aromatic rings. The molecule has 3 heteroatoms. The van der Waals surface area contributed by atoms with Gasteiger partial charge in [-0.25, -0.2) is 0 Å². The number of aliphatic hydroxyl groups is 1. The zero-order valence-electron chi connectivity index (χ0n) is 11.1. The first-order valence-electron chi connectivity index (χ1n) is 6.36. The van der Waals surface area contributed by atoms with E-state index in [4.69, 9.17) is 0 Å². The summed E-state index contributed by atoms with van der Waals surface area (Å²) in [5, 5.41) is 13.0. The fraction of sp³-hybridized carbons (Fsp3) is 0.571. The molecule has 96 valence electrons. The van der Waals surface area contributed by atoms with Gasteiger partial charge in [0.2, 0.25) is 0 Å². The molecule has 0 fully saturated rings. The molecule has 1 aromatic carbocycles. The van der Waals surface area contributed by atoms with Gasteiger partial charge in [-0.05, 0) is 30.7 Å². The molecule has 0 aliphatic carbocycles. The second-order valence-corrected chi connectivity index (χ2v) is 4.36. The van der Waals surface area contributed by atoms with Crippen molar-refractivity contribution in [3.63, 3.8) is 0 Å². The Morgan fingerprint density at radius 3 is 2.41 bits per heavy atom. The molecule has 17 heavy (non-hydrogen) atoms. The number of nitrogens with zero attached hydrogens (tertiary/aromatic N) is 1. The Morgan fingerprint density at radius 1 is 1.24 bits per heavy atom. The Balaban J connectivity index is 2.47. The maximum Gasteiger partial charge on any atom is 0.0839 e. The number of anilines is 1. The van der Waals surface area contributed by atoms with E-state index in [1.807, 2.05) is 14.0 Å². The van der Waals surface area contributed by atoms with Crippen LogP contribution in [0.4, 0.5) is 5.69 Å². The summed E-state index contributed by atoms with van der Waals surface area (Å²) in [6, 6.07) is 8.50. The maximum absolute atomic E-state index is 9.81. The van der Waals surface area contributed by atoms with E-state index in [0.717, 1.165) is 18.7 Å². The van der Waals surface area contributed by atoms with E-state index >= 15 is 0 Å². The minimum Gasteiger partial charge on any atom is -0.390 e. The number of aryl methyl sites for hydroxylation is 1. The minimum absolute atomic E-state index is 0.328. The monoisotopic (exact) mass is 236 g/mol. The highest BCUT2D eigenvalue weighted by Gasteiger charge is 2.08. The lowest BCUT2D eigenvalue weighted by Crippen LogP contribution is -2.36. The summed E-state index contributed by atoms with van der Waals surface area (Å²) in [6.07, 6.45) is 0.735. The smallest absolute Gasteiger partial charge is 0.0839 e. The summed E-state index contributed by atoms with van der Waals surface area (Å²) >= 11 is 0. The lowest BCUT2D eigenvalue weighted by Gasteiger charge is -2.23. The SMILES string of the molecule is CCNCC(O)CN(C)c1ccc(CC)cc1. The molecule has 0 spiro atoms. The van der Waals surface area contributed by atoms with Gasteiger partial charge in [-0.3, -0.25) is 0 Å². The van der Waals surface area contributed by atoms with Crippen LogP contribution in [0.3, 0.4) is 0 Å². The van der Waals surface area contributed by atoms with Crippen molar-refractivity contribution in [2.24, 2.45) is 0 Å². The molecule has 3 nitrogen and oxygen atoms in total. The van der Waals surface area contributed by atoms with Crippen molar-refractivity contribution < 1.29 is 5.11 Å². The predicted molar refractivity (Wildman–Crippen MR) is 73.6 cm³/mol. The van der Waals surface area contributed by atoms with E-state index in [2.05, 4.69) is 41.4 Å². The van der Waals surface area contributed by atoms with Crippen molar-refractivity contribution in [1.29, 1.82) is 0 Å². The predicted octanol–water partition coefficient (Wildman–Crippen LogP) is 1.66. The van der Waals surface area contributed by atoms with E-state index in [9.17, 15) is 5.11 Å². The van der Waals surface area contributed by atoms with Crippen LogP contribution in [0.2, 0.25) is 0 Å². The third-order valence-electron chi connectivity index (χ3n) is 2.90. The van der Waals surface area contributed by atoms with Gasteiger partial charge in [0, 0.05) is 25.8 Å². The molecule has 0 heterocycles. The van der Waals surface area contributed by atoms with E-state index < -0.39 is 0 Å². The largest absolute Gasteiger partial charge is 0.390 e. The zero-order chi connectivity index (χ0) is 12.7. The highest BCUT2D eigenvalue weighted by atomic mass is 16.3. The van der Waals surface area contributed by atoms with Crippen LogP contribution in [0.15, 0.2) is 24.3 Å². The molecule has 0 saturated heterocycles. The van der Waals surface area contributed by atoms with Crippen molar-refractivity contribution in [3.8, 4) is 0 Å². The summed E-state index contributed by atoms with van der Waals surface area (Å²) in [5.74, 6) is 0. The number of rotatable bonds is 7. The second-order valence-electron chi connectivity index (χ2n) is 4.36. The third-order valence-corrected chi connectivity index (χ3v) is 2.90. The Labute approximate surface area is 104 Å². The molecule has 2 N–H and O–H groups in total. The average molecular weight is 236 g/mol. The quantitative estimate of drug-likeness (QED) is 0.756. The van der Waals surface area contributed by atoms with Gasteiger partial charge in [-0.15, -0.1) is 0 Å². The maximum atomic E-state index is 9.81. The third kappa shape index (κ3) is 4.75. The first-order chi connectivity index (χ1) is 8.17. The molecule has 0 aliphatic rings. The molecular formula is C14H24N2O. The Kier molecular flexibility index (Phi) is 6.01. The van der Waals surface area contributed by atoms with Gasteiger partial charge < -0.3 is 15.3 Å². The van der Waals surface area contributed by atoms with Crippen molar-refractivity contribution >= 4 is 5.69 Å². The molecule has 0 aliphatic heterocycles. The van der Waals surface area contributed by atoms with Crippen molar-refractivity contribution in [3.05, 3.63) is 29.8 Å². The topological polar surface area (TPSA) is 35.5 Å². The van der Waals surface area contributed by atoms with E-state index in [0.29, 0.717) is 13.1 Å². The number of nitrogens with one attached hydrogen (secondary N) is 1. The van der Waals surface area contributed by atoms with Crippen LogP contribution < -0.4 is 10.2 Å². The lowest BCUT2D eigenvalue weighted by molar-refractivity contribution is 0.179. The first kappa shape index (κ1) is 14.0. The number of likely N-dealkylation sites (N-methyl/N-ethyl adjacent to an activating group) is 2. The summed E-state index contributed by atoms with van der Waals surface area (Å²) in [7, 11) is 2.01. The standard InChI is InChI=1S/C14H24N2O/c1-4-12-6-8-13(9-7-12)16(3)11-14(17)10-15-5-2/h6-9,14-15,17H,4-5,10-11H2,1-3H3. The molecule has 0 saturated carbocycles. The van der Waals surface area contributed by atoms with Crippen LogP contribution in [0.5, 0.6) is 0 Å². The summed E-state index contributed by atoms with van der Waals surface area (Å²) < 4.78 is 0. The van der Waals surface area contributed by atoms with Crippen LogP contribution in [-0.2, 0) is 6.42 Å². The lowest BCUT2D eigenvalue weighted by atomic mass is 10.1. The van der Waals surface area contributed by atoms with Gasteiger partial charge in [-0.2, -0.15) is 0 Å². The van der Waals surface area contributed by atoms with Crippen LogP contribution in [0, 0.1) is 0 Å². The minimum atomic E-state index is -0.328.